The first-order valence-electron chi connectivity index (χ1n) is 12.1. The fourth-order valence-electron chi connectivity index (χ4n) is 3.85. The van der Waals surface area contributed by atoms with Gasteiger partial charge in [-0.25, -0.2) is 14.6 Å². The Morgan fingerprint density at radius 1 is 0.975 bits per heavy atom. The van der Waals surface area contributed by atoms with Crippen molar-refractivity contribution in [3.05, 3.63) is 78.6 Å². The van der Waals surface area contributed by atoms with E-state index in [4.69, 9.17) is 24.2 Å². The van der Waals surface area contributed by atoms with E-state index in [1.54, 1.807) is 76.0 Å². The van der Waals surface area contributed by atoms with Crippen molar-refractivity contribution in [2.45, 2.75) is 6.92 Å². The Bertz CT molecular complexity index is 1710. The molecule has 12 nitrogen and oxygen atoms in total. The Labute approximate surface area is 228 Å². The van der Waals surface area contributed by atoms with E-state index in [0.29, 0.717) is 52.4 Å². The van der Waals surface area contributed by atoms with Crippen molar-refractivity contribution >= 4 is 22.6 Å². The first-order chi connectivity index (χ1) is 19.5. The van der Waals surface area contributed by atoms with Gasteiger partial charge in [0.2, 0.25) is 0 Å². The molecule has 0 radical (unpaired) electrons. The summed E-state index contributed by atoms with van der Waals surface area (Å²) >= 11 is 0. The van der Waals surface area contributed by atoms with E-state index in [1.165, 1.54) is 17.1 Å². The third kappa shape index (κ3) is 5.30. The number of amides is 1. The van der Waals surface area contributed by atoms with Gasteiger partial charge in [-0.2, -0.15) is 10.4 Å². The average molecular weight is 538 g/mol. The van der Waals surface area contributed by atoms with E-state index in [1.807, 2.05) is 6.07 Å². The molecule has 5 aromatic rings. The largest absolute Gasteiger partial charge is 0.493 e. The van der Waals surface area contributed by atoms with E-state index >= 15 is 0 Å². The van der Waals surface area contributed by atoms with Crippen LogP contribution in [0.2, 0.25) is 0 Å². The van der Waals surface area contributed by atoms with E-state index in [0.717, 1.165) is 5.39 Å². The number of pyridine rings is 3. The van der Waals surface area contributed by atoms with Crippen molar-refractivity contribution in [2.75, 3.05) is 26.1 Å². The number of rotatable bonds is 9. The number of anilines is 1. The van der Waals surface area contributed by atoms with E-state index in [-0.39, 0.29) is 11.4 Å². The lowest BCUT2D eigenvalue weighted by Gasteiger charge is -2.12. The molecule has 200 valence electrons. The summed E-state index contributed by atoms with van der Waals surface area (Å²) in [5.74, 6) is 2.19. The maximum Gasteiger partial charge on any atom is 0.281 e. The molecule has 0 aliphatic carbocycles. The second-order valence-electron chi connectivity index (χ2n) is 8.20. The molecule has 1 amide bonds. The number of aromatic nitrogens is 5. The van der Waals surface area contributed by atoms with Crippen LogP contribution in [0.4, 0.5) is 5.82 Å². The van der Waals surface area contributed by atoms with Gasteiger partial charge >= 0.3 is 0 Å². The molecule has 0 aliphatic rings. The number of carbonyl (C=O) groups is 1. The molecule has 1 N–H and O–H groups in total. The number of carbonyl (C=O) groups excluding carboxylic acids is 1. The molecule has 0 aliphatic heterocycles. The first-order valence-corrected chi connectivity index (χ1v) is 12.1. The molecule has 0 atom stereocenters. The summed E-state index contributed by atoms with van der Waals surface area (Å²) in [6, 6.07) is 13.8. The van der Waals surface area contributed by atoms with Crippen molar-refractivity contribution in [3.63, 3.8) is 0 Å². The highest BCUT2D eigenvalue weighted by molar-refractivity contribution is 6.04. The normalized spacial score (nSPS) is 10.6. The Balaban J connectivity index is 1.34. The summed E-state index contributed by atoms with van der Waals surface area (Å²) in [7, 11) is 3.12. The second-order valence-corrected chi connectivity index (χ2v) is 8.20. The number of ether oxygens (including phenoxy) is 4. The number of benzene rings is 1. The van der Waals surface area contributed by atoms with Crippen molar-refractivity contribution < 1.29 is 23.7 Å². The number of fused-ring (bicyclic) bond motifs is 1. The van der Waals surface area contributed by atoms with Gasteiger partial charge in [-0.05, 0) is 43.3 Å². The first kappa shape index (κ1) is 25.9. The van der Waals surface area contributed by atoms with E-state index in [2.05, 4.69) is 25.4 Å². The zero-order valence-electron chi connectivity index (χ0n) is 21.8. The van der Waals surface area contributed by atoms with Crippen LogP contribution in [0.15, 0.2) is 67.3 Å². The summed E-state index contributed by atoms with van der Waals surface area (Å²) in [5, 5.41) is 16.8. The van der Waals surface area contributed by atoms with Crippen LogP contribution >= 0.6 is 0 Å². The van der Waals surface area contributed by atoms with Gasteiger partial charge in [0.05, 0.1) is 50.6 Å². The fourth-order valence-corrected chi connectivity index (χ4v) is 3.85. The number of methoxy groups -OCH3 is 2. The molecule has 0 unspecified atom stereocenters. The number of hydrogen-bond donors (Lipinski definition) is 1. The van der Waals surface area contributed by atoms with Gasteiger partial charge in [-0.3, -0.25) is 9.78 Å². The lowest BCUT2D eigenvalue weighted by atomic mass is 10.2. The number of nitrogens with zero attached hydrogens (tertiary/aromatic N) is 6. The maximum absolute atomic E-state index is 13.1. The second kappa shape index (κ2) is 11.4. The van der Waals surface area contributed by atoms with Gasteiger partial charge in [0.1, 0.15) is 29.1 Å². The Morgan fingerprint density at radius 3 is 2.48 bits per heavy atom. The maximum atomic E-state index is 13.1. The minimum atomic E-state index is -0.508. The molecule has 40 heavy (non-hydrogen) atoms. The summed E-state index contributed by atoms with van der Waals surface area (Å²) < 4.78 is 23.9. The van der Waals surface area contributed by atoms with Gasteiger partial charge in [-0.15, -0.1) is 0 Å². The summed E-state index contributed by atoms with van der Waals surface area (Å²) in [6.45, 7) is 2.14. The highest BCUT2D eigenvalue weighted by Gasteiger charge is 2.20. The van der Waals surface area contributed by atoms with Gasteiger partial charge < -0.3 is 24.3 Å². The lowest BCUT2D eigenvalue weighted by molar-refractivity contribution is 0.101. The van der Waals surface area contributed by atoms with Crippen molar-refractivity contribution in [3.8, 4) is 40.5 Å². The monoisotopic (exact) mass is 537 g/mol. The predicted molar refractivity (Wildman–Crippen MR) is 144 cm³/mol. The van der Waals surface area contributed by atoms with E-state index < -0.39 is 5.91 Å². The number of hydrogen-bond acceptors (Lipinski definition) is 10. The Kier molecular flexibility index (Phi) is 7.36. The topological polar surface area (TPSA) is 146 Å². The van der Waals surface area contributed by atoms with Crippen LogP contribution in [-0.4, -0.2) is 51.5 Å². The lowest BCUT2D eigenvalue weighted by Crippen LogP contribution is -2.15. The van der Waals surface area contributed by atoms with Crippen molar-refractivity contribution in [2.24, 2.45) is 0 Å². The molecular formula is C28H23N7O5. The zero-order chi connectivity index (χ0) is 28.1. The molecule has 0 saturated carbocycles. The third-order valence-corrected chi connectivity index (χ3v) is 5.74. The molecule has 4 aromatic heterocycles. The van der Waals surface area contributed by atoms with Crippen LogP contribution in [-0.2, 0) is 0 Å². The smallest absolute Gasteiger partial charge is 0.281 e. The minimum Gasteiger partial charge on any atom is -0.493 e. The van der Waals surface area contributed by atoms with Gasteiger partial charge in [0.25, 0.3) is 5.91 Å². The van der Waals surface area contributed by atoms with Gasteiger partial charge in [-0.1, -0.05) is 0 Å². The summed E-state index contributed by atoms with van der Waals surface area (Å²) in [6.07, 6.45) is 6.19. The molecule has 0 bridgehead atoms. The summed E-state index contributed by atoms with van der Waals surface area (Å²) in [5.41, 5.74) is 1.59. The van der Waals surface area contributed by atoms with E-state index in [9.17, 15) is 4.79 Å². The minimum absolute atomic E-state index is 0.0703. The Morgan fingerprint density at radius 2 is 1.80 bits per heavy atom. The van der Waals surface area contributed by atoms with Crippen LogP contribution in [0, 0.1) is 11.3 Å². The highest BCUT2D eigenvalue weighted by Crippen LogP contribution is 2.36. The molecule has 0 spiro atoms. The summed E-state index contributed by atoms with van der Waals surface area (Å²) in [4.78, 5) is 25.8. The van der Waals surface area contributed by atoms with Gasteiger partial charge in [0, 0.05) is 17.6 Å². The van der Waals surface area contributed by atoms with Crippen LogP contribution in [0.3, 0.4) is 0 Å². The SMILES string of the molecule is CCOc1cn(-c2ccc(C#N)nc2)nc1C(=O)Nc1ccc(Oc2ccnc3cc(OC)c(OC)cc23)cn1. The Hall–Kier alpha value is -5.70. The fraction of sp³-hybridized carbons (Fsp3) is 0.143. The molecule has 0 saturated heterocycles. The van der Waals surface area contributed by atoms with Crippen LogP contribution in [0.5, 0.6) is 28.7 Å². The average Bonchev–Trinajstić information content (AvgIpc) is 3.42. The number of nitriles is 1. The van der Waals surface area contributed by atoms with Crippen molar-refractivity contribution in [1.29, 1.82) is 5.26 Å². The molecule has 12 heteroatoms. The molecule has 5 rings (SSSR count). The highest BCUT2D eigenvalue weighted by atomic mass is 16.5. The molecular weight excluding hydrogens is 514 g/mol. The van der Waals surface area contributed by atoms with Crippen molar-refractivity contribution in [1.82, 2.24) is 24.7 Å². The third-order valence-electron chi connectivity index (χ3n) is 5.74. The zero-order valence-corrected chi connectivity index (χ0v) is 21.8. The molecule has 0 fully saturated rings. The predicted octanol–water partition coefficient (Wildman–Crippen LogP) is 4.54. The van der Waals surface area contributed by atoms with Crippen LogP contribution in [0.1, 0.15) is 23.1 Å². The molecule has 1 aromatic carbocycles. The quantitative estimate of drug-likeness (QED) is 0.284. The van der Waals surface area contributed by atoms with Crippen LogP contribution < -0.4 is 24.3 Å². The number of nitrogens with one attached hydrogen (secondary N) is 1. The van der Waals surface area contributed by atoms with Gasteiger partial charge in [0.15, 0.2) is 22.9 Å². The van der Waals surface area contributed by atoms with Crippen LogP contribution in [0.25, 0.3) is 16.6 Å². The molecule has 4 heterocycles. The standard InChI is InChI=1S/C28H23N7O5/c1-4-39-25-16-35(18-6-5-17(13-29)31-14-18)34-27(25)28(36)33-26-8-7-19(15-32-26)40-22-9-10-30-21-12-24(38-3)23(37-2)11-20(21)22/h5-12,14-16H,4H2,1-3H3,(H,32,33,36).